The molecule has 0 aliphatic carbocycles. The number of aliphatic hydroxyl groups excluding tert-OH is 1. The predicted octanol–water partition coefficient (Wildman–Crippen LogP) is 1.73. The Bertz CT molecular complexity index is 369. The lowest BCUT2D eigenvalue weighted by Crippen LogP contribution is -2.12. The normalized spacial score (nSPS) is 12.6. The number of hydrogen-bond donors (Lipinski definition) is 2. The van der Waals surface area contributed by atoms with Gasteiger partial charge in [-0.3, -0.25) is 0 Å². The standard InChI is InChI=1S/C11H14O3/c1-6-4-8(3)9(5-7(6)2)10(12)11(13)14/h4-5,10,12H,1-3H3,(H,13,14). The first-order valence-corrected chi connectivity index (χ1v) is 4.42. The second-order valence-electron chi connectivity index (χ2n) is 3.53. The smallest absolute Gasteiger partial charge is 0.337 e. The van der Waals surface area contributed by atoms with E-state index in [-0.39, 0.29) is 0 Å². The molecule has 0 bridgehead atoms. The Morgan fingerprint density at radius 3 is 2.14 bits per heavy atom. The molecule has 2 N–H and O–H groups in total. The van der Waals surface area contributed by atoms with E-state index in [0.717, 1.165) is 16.7 Å². The van der Waals surface area contributed by atoms with Crippen LogP contribution in [0.3, 0.4) is 0 Å². The van der Waals surface area contributed by atoms with Crippen molar-refractivity contribution in [2.24, 2.45) is 0 Å². The average Bonchev–Trinajstić information content (AvgIpc) is 2.10. The topological polar surface area (TPSA) is 57.5 Å². The van der Waals surface area contributed by atoms with E-state index in [2.05, 4.69) is 0 Å². The number of aryl methyl sites for hydroxylation is 3. The van der Waals surface area contributed by atoms with Gasteiger partial charge in [0.15, 0.2) is 6.10 Å². The van der Waals surface area contributed by atoms with Crippen LogP contribution in [0.5, 0.6) is 0 Å². The summed E-state index contributed by atoms with van der Waals surface area (Å²) in [4.78, 5) is 10.6. The lowest BCUT2D eigenvalue weighted by atomic mass is 9.97. The minimum Gasteiger partial charge on any atom is -0.479 e. The minimum absolute atomic E-state index is 0.473. The van der Waals surface area contributed by atoms with Crippen molar-refractivity contribution in [1.29, 1.82) is 0 Å². The highest BCUT2D eigenvalue weighted by Gasteiger charge is 2.18. The lowest BCUT2D eigenvalue weighted by molar-refractivity contribution is -0.147. The molecular formula is C11H14O3. The molecule has 1 rings (SSSR count). The van der Waals surface area contributed by atoms with Crippen LogP contribution < -0.4 is 0 Å². The van der Waals surface area contributed by atoms with Gasteiger partial charge in [-0.05, 0) is 43.0 Å². The van der Waals surface area contributed by atoms with E-state index >= 15 is 0 Å². The predicted molar refractivity (Wildman–Crippen MR) is 53.2 cm³/mol. The largest absolute Gasteiger partial charge is 0.479 e. The molecular weight excluding hydrogens is 180 g/mol. The number of aliphatic carboxylic acids is 1. The van der Waals surface area contributed by atoms with Gasteiger partial charge in [0.1, 0.15) is 0 Å². The summed E-state index contributed by atoms with van der Waals surface area (Å²) in [5.41, 5.74) is 3.37. The SMILES string of the molecule is Cc1cc(C)c(C(O)C(=O)O)cc1C. The molecule has 1 aromatic rings. The molecule has 0 aliphatic rings. The zero-order valence-electron chi connectivity index (χ0n) is 8.53. The Morgan fingerprint density at radius 2 is 1.64 bits per heavy atom. The van der Waals surface area contributed by atoms with Gasteiger partial charge < -0.3 is 10.2 Å². The van der Waals surface area contributed by atoms with Crippen molar-refractivity contribution in [3.63, 3.8) is 0 Å². The summed E-state index contributed by atoms with van der Waals surface area (Å²) in [6.07, 6.45) is -1.42. The quantitative estimate of drug-likeness (QED) is 0.753. The summed E-state index contributed by atoms with van der Waals surface area (Å²) >= 11 is 0. The van der Waals surface area contributed by atoms with Gasteiger partial charge >= 0.3 is 5.97 Å². The van der Waals surface area contributed by atoms with Gasteiger partial charge in [0.25, 0.3) is 0 Å². The van der Waals surface area contributed by atoms with Crippen LogP contribution in [0.25, 0.3) is 0 Å². The highest BCUT2D eigenvalue weighted by molar-refractivity contribution is 5.74. The number of carboxylic acids is 1. The Kier molecular flexibility index (Phi) is 2.91. The molecule has 0 aromatic heterocycles. The van der Waals surface area contributed by atoms with E-state index in [1.165, 1.54) is 0 Å². The molecule has 0 spiro atoms. The first-order valence-electron chi connectivity index (χ1n) is 4.42. The second-order valence-corrected chi connectivity index (χ2v) is 3.53. The van der Waals surface area contributed by atoms with Crippen LogP contribution in [0.2, 0.25) is 0 Å². The molecule has 76 valence electrons. The summed E-state index contributed by atoms with van der Waals surface area (Å²) in [5, 5.41) is 18.1. The molecule has 0 saturated heterocycles. The summed E-state index contributed by atoms with van der Waals surface area (Å²) in [5.74, 6) is -1.21. The number of carbonyl (C=O) groups is 1. The third-order valence-electron chi connectivity index (χ3n) is 2.41. The van der Waals surface area contributed by atoms with Crippen LogP contribution in [-0.4, -0.2) is 16.2 Å². The molecule has 14 heavy (non-hydrogen) atoms. The van der Waals surface area contributed by atoms with Crippen LogP contribution in [0.1, 0.15) is 28.4 Å². The van der Waals surface area contributed by atoms with Crippen LogP contribution >= 0.6 is 0 Å². The third-order valence-corrected chi connectivity index (χ3v) is 2.41. The molecule has 0 radical (unpaired) electrons. The third kappa shape index (κ3) is 1.93. The molecule has 0 fully saturated rings. The van der Waals surface area contributed by atoms with Crippen LogP contribution in [0.15, 0.2) is 12.1 Å². The molecule has 0 amide bonds. The Labute approximate surface area is 83.0 Å². The average molecular weight is 194 g/mol. The molecule has 3 nitrogen and oxygen atoms in total. The van der Waals surface area contributed by atoms with Gasteiger partial charge in [-0.2, -0.15) is 0 Å². The van der Waals surface area contributed by atoms with Crippen LogP contribution in [-0.2, 0) is 4.79 Å². The zero-order valence-corrected chi connectivity index (χ0v) is 8.53. The highest BCUT2D eigenvalue weighted by Crippen LogP contribution is 2.21. The van der Waals surface area contributed by atoms with Crippen LogP contribution in [0, 0.1) is 20.8 Å². The summed E-state index contributed by atoms with van der Waals surface area (Å²) in [6, 6.07) is 3.61. The fourth-order valence-corrected chi connectivity index (χ4v) is 1.41. The molecule has 0 aliphatic heterocycles. The van der Waals surface area contributed by atoms with Crippen molar-refractivity contribution >= 4 is 5.97 Å². The fraction of sp³-hybridized carbons (Fsp3) is 0.364. The number of hydrogen-bond acceptors (Lipinski definition) is 2. The van der Waals surface area contributed by atoms with Gasteiger partial charge in [0.05, 0.1) is 0 Å². The van der Waals surface area contributed by atoms with Gasteiger partial charge in [-0.25, -0.2) is 4.79 Å². The summed E-state index contributed by atoms with van der Waals surface area (Å²) in [6.45, 7) is 5.65. The maximum atomic E-state index is 10.6. The maximum Gasteiger partial charge on any atom is 0.337 e. The lowest BCUT2D eigenvalue weighted by Gasteiger charge is -2.12. The van der Waals surface area contributed by atoms with Crippen molar-refractivity contribution in [1.82, 2.24) is 0 Å². The minimum atomic E-state index is -1.42. The van der Waals surface area contributed by atoms with Gasteiger partial charge in [0, 0.05) is 0 Å². The van der Waals surface area contributed by atoms with E-state index in [1.807, 2.05) is 19.9 Å². The van der Waals surface area contributed by atoms with E-state index in [1.54, 1.807) is 13.0 Å². The number of aliphatic hydroxyl groups is 1. The second kappa shape index (κ2) is 3.80. The van der Waals surface area contributed by atoms with Gasteiger partial charge in [0.2, 0.25) is 0 Å². The Morgan fingerprint density at radius 1 is 1.14 bits per heavy atom. The molecule has 1 aromatic carbocycles. The number of rotatable bonds is 2. The Balaban J connectivity index is 3.22. The monoisotopic (exact) mass is 194 g/mol. The van der Waals surface area contributed by atoms with Crippen molar-refractivity contribution < 1.29 is 15.0 Å². The molecule has 0 heterocycles. The molecule has 1 atom stereocenters. The summed E-state index contributed by atoms with van der Waals surface area (Å²) < 4.78 is 0. The van der Waals surface area contributed by atoms with E-state index in [4.69, 9.17) is 5.11 Å². The Hall–Kier alpha value is -1.35. The first kappa shape index (κ1) is 10.7. The number of benzene rings is 1. The van der Waals surface area contributed by atoms with Crippen molar-refractivity contribution in [3.8, 4) is 0 Å². The van der Waals surface area contributed by atoms with Crippen molar-refractivity contribution in [3.05, 3.63) is 34.4 Å². The van der Waals surface area contributed by atoms with Crippen molar-refractivity contribution in [2.75, 3.05) is 0 Å². The van der Waals surface area contributed by atoms with Crippen LogP contribution in [0.4, 0.5) is 0 Å². The molecule has 0 saturated carbocycles. The van der Waals surface area contributed by atoms with Gasteiger partial charge in [-0.15, -0.1) is 0 Å². The first-order chi connectivity index (χ1) is 6.43. The van der Waals surface area contributed by atoms with E-state index < -0.39 is 12.1 Å². The highest BCUT2D eigenvalue weighted by atomic mass is 16.4. The van der Waals surface area contributed by atoms with E-state index in [0.29, 0.717) is 5.56 Å². The van der Waals surface area contributed by atoms with Gasteiger partial charge in [-0.1, -0.05) is 12.1 Å². The zero-order chi connectivity index (χ0) is 10.9. The number of carboxylic acid groups (broad SMARTS) is 1. The summed E-state index contributed by atoms with van der Waals surface area (Å²) in [7, 11) is 0. The maximum absolute atomic E-state index is 10.6. The van der Waals surface area contributed by atoms with Crippen molar-refractivity contribution in [2.45, 2.75) is 26.9 Å². The molecule has 1 unspecified atom stereocenters. The fourth-order valence-electron chi connectivity index (χ4n) is 1.41. The molecule has 3 heteroatoms. The van der Waals surface area contributed by atoms with E-state index in [9.17, 15) is 9.90 Å².